The Labute approximate surface area is 133 Å². The van der Waals surface area contributed by atoms with Crippen LogP contribution < -0.4 is 15.8 Å². The molecule has 1 rings (SSSR count). The van der Waals surface area contributed by atoms with E-state index in [4.69, 9.17) is 15.2 Å². The average Bonchev–Trinajstić information content (AvgIpc) is 2.43. The molecule has 22 heavy (non-hydrogen) atoms. The summed E-state index contributed by atoms with van der Waals surface area (Å²) in [5.41, 5.74) is 5.95. The van der Waals surface area contributed by atoms with E-state index >= 15 is 0 Å². The molecule has 5 heteroatoms. The van der Waals surface area contributed by atoms with Crippen LogP contribution in [0, 0.1) is 0 Å². The van der Waals surface area contributed by atoms with Crippen molar-refractivity contribution in [3.8, 4) is 5.75 Å². The zero-order valence-electron chi connectivity index (χ0n) is 14.0. The van der Waals surface area contributed by atoms with Crippen LogP contribution in [-0.2, 0) is 4.74 Å². The van der Waals surface area contributed by atoms with E-state index in [1.54, 1.807) is 0 Å². The van der Waals surface area contributed by atoms with Crippen molar-refractivity contribution in [1.82, 2.24) is 5.32 Å². The lowest BCUT2D eigenvalue weighted by atomic mass is 10.0. The van der Waals surface area contributed by atoms with Gasteiger partial charge in [0.15, 0.2) is 0 Å². The Balaban J connectivity index is 2.71. The summed E-state index contributed by atoms with van der Waals surface area (Å²) in [6.07, 6.45) is 1.42. The molecule has 0 aliphatic carbocycles. The SMILES string of the molecule is CCCC(NC(=O)OC(C)(C)C)c1ccc(OCCN)cc1. The molecular formula is C17H28N2O3. The van der Waals surface area contributed by atoms with Gasteiger partial charge < -0.3 is 20.5 Å². The zero-order valence-corrected chi connectivity index (χ0v) is 14.0. The van der Waals surface area contributed by atoms with Gasteiger partial charge in [-0.05, 0) is 44.9 Å². The molecule has 1 aromatic rings. The molecule has 0 fully saturated rings. The van der Waals surface area contributed by atoms with Crippen LogP contribution in [0.3, 0.4) is 0 Å². The number of hydrogen-bond donors (Lipinski definition) is 2. The fourth-order valence-corrected chi connectivity index (χ4v) is 2.03. The van der Waals surface area contributed by atoms with Crippen LogP contribution in [0.4, 0.5) is 4.79 Å². The predicted octanol–water partition coefficient (Wildman–Crippen LogP) is 3.39. The monoisotopic (exact) mass is 308 g/mol. The predicted molar refractivity (Wildman–Crippen MR) is 88.0 cm³/mol. The van der Waals surface area contributed by atoms with Crippen LogP contribution in [0.15, 0.2) is 24.3 Å². The van der Waals surface area contributed by atoms with Crippen LogP contribution >= 0.6 is 0 Å². The third-order valence-electron chi connectivity index (χ3n) is 2.94. The maximum atomic E-state index is 12.0. The molecule has 0 saturated heterocycles. The third kappa shape index (κ3) is 6.80. The first kappa shape index (κ1) is 18.3. The number of benzene rings is 1. The molecule has 0 aromatic heterocycles. The van der Waals surface area contributed by atoms with Gasteiger partial charge in [0.2, 0.25) is 0 Å². The van der Waals surface area contributed by atoms with Crippen molar-refractivity contribution in [3.05, 3.63) is 29.8 Å². The number of carbonyl (C=O) groups excluding carboxylic acids is 1. The lowest BCUT2D eigenvalue weighted by Gasteiger charge is -2.24. The molecule has 0 heterocycles. The molecule has 1 amide bonds. The topological polar surface area (TPSA) is 73.6 Å². The summed E-state index contributed by atoms with van der Waals surface area (Å²) in [7, 11) is 0. The highest BCUT2D eigenvalue weighted by atomic mass is 16.6. The van der Waals surface area contributed by atoms with Crippen molar-refractivity contribution in [1.29, 1.82) is 0 Å². The number of nitrogens with two attached hydrogens (primary N) is 1. The van der Waals surface area contributed by atoms with Crippen molar-refractivity contribution in [2.75, 3.05) is 13.2 Å². The molecule has 5 nitrogen and oxygen atoms in total. The van der Waals surface area contributed by atoms with Gasteiger partial charge in [0.25, 0.3) is 0 Å². The summed E-state index contributed by atoms with van der Waals surface area (Å²) in [6.45, 7) is 8.62. The number of amides is 1. The van der Waals surface area contributed by atoms with Gasteiger partial charge >= 0.3 is 6.09 Å². The standard InChI is InChI=1S/C17H28N2O3/c1-5-6-15(19-16(20)22-17(2,3)4)13-7-9-14(10-8-13)21-12-11-18/h7-10,15H,5-6,11-12,18H2,1-4H3,(H,19,20). The van der Waals surface area contributed by atoms with E-state index < -0.39 is 11.7 Å². The van der Waals surface area contributed by atoms with Crippen molar-refractivity contribution in [2.45, 2.75) is 52.2 Å². The van der Waals surface area contributed by atoms with E-state index in [9.17, 15) is 4.79 Å². The molecule has 1 aromatic carbocycles. The molecule has 0 saturated carbocycles. The van der Waals surface area contributed by atoms with Crippen LogP contribution in [0.1, 0.15) is 52.1 Å². The molecule has 1 unspecified atom stereocenters. The van der Waals surface area contributed by atoms with Gasteiger partial charge in [-0.15, -0.1) is 0 Å². The minimum atomic E-state index is -0.499. The summed E-state index contributed by atoms with van der Waals surface area (Å²) in [5, 5.41) is 2.93. The summed E-state index contributed by atoms with van der Waals surface area (Å²) >= 11 is 0. The molecule has 0 aliphatic rings. The van der Waals surface area contributed by atoms with Gasteiger partial charge in [-0.3, -0.25) is 0 Å². The van der Waals surface area contributed by atoms with Gasteiger partial charge in [0.1, 0.15) is 18.0 Å². The Hall–Kier alpha value is -1.75. The Bertz CT molecular complexity index is 452. The number of alkyl carbamates (subject to hydrolysis) is 1. The van der Waals surface area contributed by atoms with Gasteiger partial charge in [0.05, 0.1) is 6.04 Å². The maximum absolute atomic E-state index is 12.0. The number of ether oxygens (including phenoxy) is 2. The lowest BCUT2D eigenvalue weighted by molar-refractivity contribution is 0.0501. The molecule has 3 N–H and O–H groups in total. The summed E-state index contributed by atoms with van der Waals surface area (Å²) in [5.74, 6) is 0.779. The summed E-state index contributed by atoms with van der Waals surface area (Å²) < 4.78 is 10.8. The van der Waals surface area contributed by atoms with Gasteiger partial charge in [0, 0.05) is 6.54 Å². The zero-order chi connectivity index (χ0) is 16.6. The van der Waals surface area contributed by atoms with Gasteiger partial charge in [-0.25, -0.2) is 4.79 Å². The highest BCUT2D eigenvalue weighted by Crippen LogP contribution is 2.22. The number of carbonyl (C=O) groups is 1. The van der Waals surface area contributed by atoms with Crippen molar-refractivity contribution < 1.29 is 14.3 Å². The van der Waals surface area contributed by atoms with E-state index in [2.05, 4.69) is 12.2 Å². The molecule has 124 valence electrons. The Morgan fingerprint density at radius 1 is 1.27 bits per heavy atom. The fourth-order valence-electron chi connectivity index (χ4n) is 2.03. The van der Waals surface area contributed by atoms with Crippen LogP contribution in [-0.4, -0.2) is 24.8 Å². The first-order valence-electron chi connectivity index (χ1n) is 7.78. The van der Waals surface area contributed by atoms with Crippen LogP contribution in [0.2, 0.25) is 0 Å². The number of hydrogen-bond acceptors (Lipinski definition) is 4. The molecule has 0 radical (unpaired) electrons. The lowest BCUT2D eigenvalue weighted by Crippen LogP contribution is -2.35. The van der Waals surface area contributed by atoms with E-state index in [0.717, 1.165) is 24.2 Å². The molecular weight excluding hydrogens is 280 g/mol. The Morgan fingerprint density at radius 2 is 1.91 bits per heavy atom. The second kappa shape index (κ2) is 8.63. The molecule has 0 aliphatic heterocycles. The Morgan fingerprint density at radius 3 is 2.41 bits per heavy atom. The van der Waals surface area contributed by atoms with E-state index in [-0.39, 0.29) is 6.04 Å². The summed E-state index contributed by atoms with van der Waals surface area (Å²) in [4.78, 5) is 12.0. The van der Waals surface area contributed by atoms with E-state index in [1.165, 1.54) is 0 Å². The van der Waals surface area contributed by atoms with Gasteiger partial charge in [-0.2, -0.15) is 0 Å². The van der Waals surface area contributed by atoms with Crippen LogP contribution in [0.5, 0.6) is 5.75 Å². The first-order valence-corrected chi connectivity index (χ1v) is 7.78. The minimum Gasteiger partial charge on any atom is -0.492 e. The number of nitrogens with one attached hydrogen (secondary N) is 1. The van der Waals surface area contributed by atoms with Gasteiger partial charge in [-0.1, -0.05) is 25.5 Å². The highest BCUT2D eigenvalue weighted by molar-refractivity contribution is 5.68. The summed E-state index contributed by atoms with van der Waals surface area (Å²) in [6, 6.07) is 7.64. The third-order valence-corrected chi connectivity index (χ3v) is 2.94. The first-order chi connectivity index (χ1) is 10.4. The fraction of sp³-hybridized carbons (Fsp3) is 0.588. The average molecular weight is 308 g/mol. The highest BCUT2D eigenvalue weighted by Gasteiger charge is 2.20. The minimum absolute atomic E-state index is 0.0663. The molecule has 0 bridgehead atoms. The normalized spacial score (nSPS) is 12.6. The van der Waals surface area contributed by atoms with Crippen LogP contribution in [0.25, 0.3) is 0 Å². The Kier molecular flexibility index (Phi) is 7.18. The van der Waals surface area contributed by atoms with E-state index in [0.29, 0.717) is 13.2 Å². The second-order valence-electron chi connectivity index (χ2n) is 6.19. The maximum Gasteiger partial charge on any atom is 0.408 e. The smallest absolute Gasteiger partial charge is 0.408 e. The number of rotatable bonds is 7. The largest absolute Gasteiger partial charge is 0.492 e. The van der Waals surface area contributed by atoms with E-state index in [1.807, 2.05) is 45.0 Å². The molecule has 1 atom stereocenters. The van der Waals surface area contributed by atoms with Crippen molar-refractivity contribution in [2.24, 2.45) is 5.73 Å². The second-order valence-corrected chi connectivity index (χ2v) is 6.19. The molecule has 0 spiro atoms. The van der Waals surface area contributed by atoms with Crippen molar-refractivity contribution in [3.63, 3.8) is 0 Å². The quantitative estimate of drug-likeness (QED) is 0.809. The van der Waals surface area contributed by atoms with Crippen molar-refractivity contribution >= 4 is 6.09 Å².